The Hall–Kier alpha value is -2.27. The lowest BCUT2D eigenvalue weighted by Gasteiger charge is -2.23. The Balaban J connectivity index is 1.50. The van der Waals surface area contributed by atoms with Crippen molar-refractivity contribution in [3.8, 4) is 0 Å². The van der Waals surface area contributed by atoms with Crippen molar-refractivity contribution in [3.63, 3.8) is 0 Å². The van der Waals surface area contributed by atoms with Crippen LogP contribution in [0.4, 0.5) is 0 Å². The summed E-state index contributed by atoms with van der Waals surface area (Å²) in [7, 11) is 2.13. The Bertz CT molecular complexity index is 677. The number of likely N-dealkylation sites (tertiary alicyclic amines) is 1. The van der Waals surface area contributed by atoms with Crippen molar-refractivity contribution in [2.75, 3.05) is 26.7 Å². The predicted molar refractivity (Wildman–Crippen MR) is 97.9 cm³/mol. The molecule has 2 aromatic heterocycles. The summed E-state index contributed by atoms with van der Waals surface area (Å²) >= 11 is 0. The molecule has 132 valence electrons. The van der Waals surface area contributed by atoms with Gasteiger partial charge >= 0.3 is 0 Å². The lowest BCUT2D eigenvalue weighted by atomic mass is 10.0. The van der Waals surface area contributed by atoms with Gasteiger partial charge in [0.05, 0.1) is 5.92 Å². The number of hydrogen-bond donors (Lipinski definition) is 0. The van der Waals surface area contributed by atoms with E-state index in [1.54, 1.807) is 18.6 Å². The first-order chi connectivity index (χ1) is 12.1. The first-order valence-electron chi connectivity index (χ1n) is 8.89. The summed E-state index contributed by atoms with van der Waals surface area (Å²) in [6, 6.07) is 7.94. The van der Waals surface area contributed by atoms with E-state index >= 15 is 0 Å². The summed E-state index contributed by atoms with van der Waals surface area (Å²) in [6.07, 6.45) is 8.31. The van der Waals surface area contributed by atoms with Gasteiger partial charge < -0.3 is 9.80 Å². The Kier molecular flexibility index (Phi) is 5.76. The summed E-state index contributed by atoms with van der Waals surface area (Å²) in [5, 5.41) is 0. The third-order valence-corrected chi connectivity index (χ3v) is 4.90. The van der Waals surface area contributed by atoms with Crippen molar-refractivity contribution in [1.82, 2.24) is 19.8 Å². The smallest absolute Gasteiger partial charge is 0.229 e. The maximum absolute atomic E-state index is 12.7. The zero-order chi connectivity index (χ0) is 17.6. The van der Waals surface area contributed by atoms with Crippen LogP contribution < -0.4 is 0 Å². The maximum Gasteiger partial charge on any atom is 0.229 e. The third kappa shape index (κ3) is 4.63. The van der Waals surface area contributed by atoms with E-state index in [0.29, 0.717) is 5.92 Å². The van der Waals surface area contributed by atoms with Crippen molar-refractivity contribution < 1.29 is 4.79 Å². The number of nitrogens with zero attached hydrogens (tertiary/aromatic N) is 4. The molecule has 3 heterocycles. The molecule has 0 saturated carbocycles. The molecule has 1 saturated heterocycles. The normalized spacial score (nSPS) is 18.5. The van der Waals surface area contributed by atoms with Crippen LogP contribution >= 0.6 is 0 Å². The summed E-state index contributed by atoms with van der Waals surface area (Å²) in [5.74, 6) is 0.623. The SMILES string of the molecule is C[C@H](C(=O)N1CC[C@H](CN(C)Cc2cccnc2)C1)c1cccnc1. The zero-order valence-electron chi connectivity index (χ0n) is 15.0. The van der Waals surface area contributed by atoms with E-state index in [-0.39, 0.29) is 11.8 Å². The molecule has 1 aliphatic rings. The highest BCUT2D eigenvalue weighted by molar-refractivity contribution is 5.83. The first-order valence-corrected chi connectivity index (χ1v) is 8.89. The number of aromatic nitrogens is 2. The number of carbonyl (C=O) groups is 1. The van der Waals surface area contributed by atoms with Crippen LogP contribution in [0.25, 0.3) is 0 Å². The van der Waals surface area contributed by atoms with Crippen molar-refractivity contribution in [2.24, 2.45) is 5.92 Å². The second kappa shape index (κ2) is 8.21. The maximum atomic E-state index is 12.7. The molecule has 0 unspecified atom stereocenters. The van der Waals surface area contributed by atoms with Crippen LogP contribution in [-0.4, -0.2) is 52.4 Å². The fourth-order valence-corrected chi connectivity index (χ4v) is 3.54. The number of carbonyl (C=O) groups excluding carboxylic acids is 1. The van der Waals surface area contributed by atoms with Crippen LogP contribution in [0.3, 0.4) is 0 Å². The molecule has 0 aromatic carbocycles. The van der Waals surface area contributed by atoms with E-state index in [9.17, 15) is 4.79 Å². The summed E-state index contributed by atoms with van der Waals surface area (Å²) < 4.78 is 0. The minimum absolute atomic E-state index is 0.124. The Labute approximate surface area is 149 Å². The van der Waals surface area contributed by atoms with Gasteiger partial charge in [0.1, 0.15) is 0 Å². The minimum atomic E-state index is -0.124. The van der Waals surface area contributed by atoms with Crippen LogP contribution in [0, 0.1) is 5.92 Å². The number of hydrogen-bond acceptors (Lipinski definition) is 4. The van der Waals surface area contributed by atoms with Gasteiger partial charge in [0.25, 0.3) is 0 Å². The van der Waals surface area contributed by atoms with Gasteiger partial charge in [-0.2, -0.15) is 0 Å². The predicted octanol–water partition coefficient (Wildman–Crippen LogP) is 2.56. The van der Waals surface area contributed by atoms with Crippen LogP contribution in [0.2, 0.25) is 0 Å². The average Bonchev–Trinajstić information content (AvgIpc) is 3.10. The molecule has 2 atom stereocenters. The molecule has 1 amide bonds. The molecule has 1 fully saturated rings. The number of pyridine rings is 2. The Morgan fingerprint density at radius 1 is 1.28 bits per heavy atom. The topological polar surface area (TPSA) is 49.3 Å². The average molecular weight is 338 g/mol. The molecule has 0 aliphatic carbocycles. The number of rotatable bonds is 6. The van der Waals surface area contributed by atoms with Crippen molar-refractivity contribution in [2.45, 2.75) is 25.8 Å². The van der Waals surface area contributed by atoms with E-state index in [2.05, 4.69) is 28.0 Å². The summed E-state index contributed by atoms with van der Waals surface area (Å²) in [4.78, 5) is 25.4. The minimum Gasteiger partial charge on any atom is -0.342 e. The van der Waals surface area contributed by atoms with Crippen molar-refractivity contribution >= 4 is 5.91 Å². The highest BCUT2D eigenvalue weighted by atomic mass is 16.2. The van der Waals surface area contributed by atoms with E-state index in [1.165, 1.54) is 5.56 Å². The highest BCUT2D eigenvalue weighted by Gasteiger charge is 2.30. The molecule has 25 heavy (non-hydrogen) atoms. The van der Waals surface area contributed by atoms with Gasteiger partial charge in [0.2, 0.25) is 5.91 Å². The fraction of sp³-hybridized carbons (Fsp3) is 0.450. The monoisotopic (exact) mass is 338 g/mol. The quantitative estimate of drug-likeness (QED) is 0.812. The van der Waals surface area contributed by atoms with Gasteiger partial charge in [0, 0.05) is 51.0 Å². The number of amides is 1. The molecule has 0 bridgehead atoms. The molecule has 0 spiro atoms. The van der Waals surface area contributed by atoms with E-state index in [1.807, 2.05) is 36.2 Å². The standard InChI is InChI=1S/C20H26N4O/c1-16(19-6-4-9-22-12-19)20(25)24-10-7-18(15-24)14-23(2)13-17-5-3-8-21-11-17/h3-6,8-9,11-12,16,18H,7,10,13-15H2,1-2H3/t16-,18+/m0/s1. The Morgan fingerprint density at radius 3 is 2.72 bits per heavy atom. The van der Waals surface area contributed by atoms with E-state index < -0.39 is 0 Å². The third-order valence-electron chi connectivity index (χ3n) is 4.90. The molecular weight excluding hydrogens is 312 g/mol. The lowest BCUT2D eigenvalue weighted by Crippen LogP contribution is -2.34. The van der Waals surface area contributed by atoms with Gasteiger partial charge in [0.15, 0.2) is 0 Å². The first kappa shape index (κ1) is 17.5. The molecule has 2 aromatic rings. The van der Waals surface area contributed by atoms with E-state index in [0.717, 1.165) is 38.2 Å². The largest absolute Gasteiger partial charge is 0.342 e. The second-order valence-corrected chi connectivity index (χ2v) is 7.01. The van der Waals surface area contributed by atoms with Crippen LogP contribution in [0.1, 0.15) is 30.4 Å². The summed E-state index contributed by atoms with van der Waals surface area (Å²) in [5.41, 5.74) is 2.21. The second-order valence-electron chi connectivity index (χ2n) is 7.01. The molecule has 0 radical (unpaired) electrons. The molecule has 0 N–H and O–H groups in total. The zero-order valence-corrected chi connectivity index (χ0v) is 15.0. The van der Waals surface area contributed by atoms with Gasteiger partial charge in [-0.15, -0.1) is 0 Å². The van der Waals surface area contributed by atoms with Crippen molar-refractivity contribution in [1.29, 1.82) is 0 Å². The van der Waals surface area contributed by atoms with Crippen LogP contribution in [0.5, 0.6) is 0 Å². The molecule has 5 heteroatoms. The van der Waals surface area contributed by atoms with Gasteiger partial charge in [-0.1, -0.05) is 12.1 Å². The fourth-order valence-electron chi connectivity index (χ4n) is 3.54. The van der Waals surface area contributed by atoms with Crippen LogP contribution in [0.15, 0.2) is 49.1 Å². The summed E-state index contributed by atoms with van der Waals surface area (Å²) in [6.45, 7) is 5.57. The van der Waals surface area contributed by atoms with Crippen molar-refractivity contribution in [3.05, 3.63) is 60.2 Å². The molecule has 5 nitrogen and oxygen atoms in total. The van der Waals surface area contributed by atoms with Gasteiger partial charge in [-0.25, -0.2) is 0 Å². The Morgan fingerprint density at radius 2 is 2.04 bits per heavy atom. The highest BCUT2D eigenvalue weighted by Crippen LogP contribution is 2.23. The van der Waals surface area contributed by atoms with Gasteiger partial charge in [-0.3, -0.25) is 14.8 Å². The van der Waals surface area contributed by atoms with Crippen LogP contribution in [-0.2, 0) is 11.3 Å². The molecule has 3 rings (SSSR count). The molecule has 1 aliphatic heterocycles. The lowest BCUT2D eigenvalue weighted by molar-refractivity contribution is -0.131. The van der Waals surface area contributed by atoms with E-state index in [4.69, 9.17) is 0 Å². The molecular formula is C20H26N4O. The van der Waals surface area contributed by atoms with Gasteiger partial charge in [-0.05, 0) is 49.6 Å².